The van der Waals surface area contributed by atoms with Gasteiger partial charge in [-0.2, -0.15) is 0 Å². The van der Waals surface area contributed by atoms with E-state index in [-0.39, 0.29) is 29.9 Å². The van der Waals surface area contributed by atoms with Gasteiger partial charge >= 0.3 is 5.97 Å². The van der Waals surface area contributed by atoms with Crippen LogP contribution in [0.15, 0.2) is 35.7 Å². The van der Waals surface area contributed by atoms with Crippen molar-refractivity contribution >= 4 is 23.2 Å². The fraction of sp³-hybridized carbons (Fsp3) is 0.250. The molecule has 0 aliphatic rings. The highest BCUT2D eigenvalue weighted by Gasteiger charge is 2.16. The number of para-hydroxylation sites is 1. The first-order valence-electron chi connectivity index (χ1n) is 6.77. The quantitative estimate of drug-likeness (QED) is 0.831. The van der Waals surface area contributed by atoms with Gasteiger partial charge in [0.1, 0.15) is 11.3 Å². The summed E-state index contributed by atoms with van der Waals surface area (Å²) in [5.41, 5.74) is 0.629. The van der Waals surface area contributed by atoms with Crippen LogP contribution >= 0.6 is 11.3 Å². The van der Waals surface area contributed by atoms with Crippen molar-refractivity contribution in [3.8, 4) is 5.75 Å². The first-order chi connectivity index (χ1) is 10.5. The van der Waals surface area contributed by atoms with E-state index in [0.29, 0.717) is 5.56 Å². The molecule has 0 saturated carbocycles. The van der Waals surface area contributed by atoms with E-state index in [1.165, 1.54) is 6.07 Å². The molecular formula is C16H17NO4S. The van der Waals surface area contributed by atoms with Crippen LogP contribution in [0.2, 0.25) is 0 Å². The summed E-state index contributed by atoms with van der Waals surface area (Å²) >= 11 is 1.54. The summed E-state index contributed by atoms with van der Waals surface area (Å²) in [6, 6.07) is 8.47. The van der Waals surface area contributed by atoms with Crippen LogP contribution in [0.5, 0.6) is 5.75 Å². The van der Waals surface area contributed by atoms with Crippen molar-refractivity contribution in [2.45, 2.75) is 19.9 Å². The van der Waals surface area contributed by atoms with Crippen LogP contribution in [0.3, 0.4) is 0 Å². The largest absolute Gasteiger partial charge is 0.507 e. The van der Waals surface area contributed by atoms with E-state index >= 15 is 0 Å². The molecule has 0 bridgehead atoms. The minimum atomic E-state index is -0.722. The number of nitrogens with one attached hydrogen (secondary N) is 1. The number of aryl methyl sites for hydroxylation is 1. The van der Waals surface area contributed by atoms with E-state index in [0.717, 1.165) is 4.88 Å². The maximum absolute atomic E-state index is 11.9. The molecule has 5 nitrogen and oxygen atoms in total. The molecule has 0 spiro atoms. The Morgan fingerprint density at radius 3 is 2.77 bits per heavy atom. The van der Waals surface area contributed by atoms with Crippen LogP contribution < -0.4 is 5.32 Å². The van der Waals surface area contributed by atoms with Crippen LogP contribution in [0.1, 0.15) is 33.8 Å². The van der Waals surface area contributed by atoms with E-state index in [9.17, 15) is 14.7 Å². The second kappa shape index (κ2) is 7.09. The van der Waals surface area contributed by atoms with E-state index < -0.39 is 5.97 Å². The van der Waals surface area contributed by atoms with Gasteiger partial charge < -0.3 is 15.2 Å². The van der Waals surface area contributed by atoms with Crippen molar-refractivity contribution in [3.05, 3.63) is 51.7 Å². The van der Waals surface area contributed by atoms with Gasteiger partial charge in [0.2, 0.25) is 0 Å². The van der Waals surface area contributed by atoms with E-state index in [2.05, 4.69) is 5.32 Å². The maximum Gasteiger partial charge on any atom is 0.342 e. The van der Waals surface area contributed by atoms with Crippen LogP contribution in [0, 0.1) is 6.92 Å². The van der Waals surface area contributed by atoms with Crippen molar-refractivity contribution in [2.24, 2.45) is 0 Å². The second-order valence-corrected chi connectivity index (χ2v) is 5.83. The summed E-state index contributed by atoms with van der Waals surface area (Å²) in [4.78, 5) is 24.7. The van der Waals surface area contributed by atoms with Gasteiger partial charge in [-0.15, -0.1) is 11.3 Å². The lowest BCUT2D eigenvalue weighted by molar-refractivity contribution is -0.124. The first kappa shape index (κ1) is 16.0. The van der Waals surface area contributed by atoms with Gasteiger partial charge in [0.15, 0.2) is 6.61 Å². The standard InChI is InChI=1S/C16H17NO4S/c1-10-5-3-6-12(15(10)19)16(20)21-9-14(18)17-11(2)13-7-4-8-22-13/h3-8,11,19H,9H2,1-2H3,(H,17,18)/t11-/m1/s1. The number of phenols is 1. The molecule has 0 fully saturated rings. The zero-order valence-electron chi connectivity index (χ0n) is 12.3. The Morgan fingerprint density at radius 2 is 2.09 bits per heavy atom. The fourth-order valence-electron chi connectivity index (χ4n) is 1.92. The predicted octanol–water partition coefficient (Wildman–Crippen LogP) is 2.80. The number of thiophene rings is 1. The number of ether oxygens (including phenoxy) is 1. The lowest BCUT2D eigenvalue weighted by Crippen LogP contribution is -2.30. The molecule has 1 heterocycles. The molecule has 6 heteroatoms. The Hall–Kier alpha value is -2.34. The van der Waals surface area contributed by atoms with Gasteiger partial charge in [-0.1, -0.05) is 18.2 Å². The van der Waals surface area contributed by atoms with Crippen LogP contribution in [-0.2, 0) is 9.53 Å². The number of esters is 1. The number of rotatable bonds is 5. The van der Waals surface area contributed by atoms with Crippen LogP contribution in [0.4, 0.5) is 0 Å². The number of hydrogen-bond donors (Lipinski definition) is 2. The molecule has 2 rings (SSSR count). The molecule has 1 amide bonds. The molecule has 2 N–H and O–H groups in total. The lowest BCUT2D eigenvalue weighted by atomic mass is 10.1. The maximum atomic E-state index is 11.9. The molecule has 0 aliphatic heterocycles. The van der Waals surface area contributed by atoms with E-state index in [1.807, 2.05) is 24.4 Å². The number of aromatic hydroxyl groups is 1. The summed E-state index contributed by atoms with van der Waals surface area (Å²) in [5.74, 6) is -1.23. The second-order valence-electron chi connectivity index (χ2n) is 4.85. The van der Waals surface area contributed by atoms with E-state index in [1.54, 1.807) is 30.4 Å². The molecular weight excluding hydrogens is 302 g/mol. The summed E-state index contributed by atoms with van der Waals surface area (Å²) in [6.45, 7) is 3.15. The lowest BCUT2D eigenvalue weighted by Gasteiger charge is -2.12. The average Bonchev–Trinajstić information content (AvgIpc) is 3.02. The molecule has 0 unspecified atom stereocenters. The third-order valence-corrected chi connectivity index (χ3v) is 4.19. The van der Waals surface area contributed by atoms with Crippen molar-refractivity contribution in [1.29, 1.82) is 0 Å². The molecule has 1 atom stereocenters. The topological polar surface area (TPSA) is 75.6 Å². The smallest absolute Gasteiger partial charge is 0.342 e. The average molecular weight is 319 g/mol. The Balaban J connectivity index is 1.88. The van der Waals surface area contributed by atoms with Crippen molar-refractivity contribution < 1.29 is 19.4 Å². The van der Waals surface area contributed by atoms with Gasteiger partial charge in [0.25, 0.3) is 5.91 Å². The fourth-order valence-corrected chi connectivity index (χ4v) is 2.66. The Morgan fingerprint density at radius 1 is 1.32 bits per heavy atom. The van der Waals surface area contributed by atoms with Gasteiger partial charge in [-0.25, -0.2) is 4.79 Å². The Labute approximate surface area is 132 Å². The minimum absolute atomic E-state index is 0.0547. The number of carbonyl (C=O) groups excluding carboxylic acids is 2. The summed E-state index contributed by atoms with van der Waals surface area (Å²) < 4.78 is 4.94. The van der Waals surface area contributed by atoms with Crippen LogP contribution in [0.25, 0.3) is 0 Å². The number of carbonyl (C=O) groups is 2. The van der Waals surface area contributed by atoms with Crippen molar-refractivity contribution in [2.75, 3.05) is 6.61 Å². The number of benzene rings is 1. The molecule has 22 heavy (non-hydrogen) atoms. The highest BCUT2D eigenvalue weighted by molar-refractivity contribution is 7.10. The van der Waals surface area contributed by atoms with Gasteiger partial charge in [-0.05, 0) is 36.9 Å². The van der Waals surface area contributed by atoms with Crippen LogP contribution in [-0.4, -0.2) is 23.6 Å². The molecule has 2 aromatic rings. The predicted molar refractivity (Wildman–Crippen MR) is 84.0 cm³/mol. The summed E-state index contributed by atoms with van der Waals surface area (Å²) in [7, 11) is 0. The molecule has 1 aromatic carbocycles. The van der Waals surface area contributed by atoms with E-state index in [4.69, 9.17) is 4.74 Å². The Bertz CT molecular complexity index is 667. The number of amides is 1. The normalized spacial score (nSPS) is 11.7. The van der Waals surface area contributed by atoms with Gasteiger partial charge in [0, 0.05) is 4.88 Å². The molecule has 0 radical (unpaired) electrons. The summed E-state index contributed by atoms with van der Waals surface area (Å²) in [6.07, 6.45) is 0. The summed E-state index contributed by atoms with van der Waals surface area (Å²) in [5, 5.41) is 14.5. The number of phenolic OH excluding ortho intramolecular Hbond substituents is 1. The van der Waals surface area contributed by atoms with Crippen molar-refractivity contribution in [3.63, 3.8) is 0 Å². The third-order valence-electron chi connectivity index (χ3n) is 3.14. The molecule has 0 aliphatic carbocycles. The zero-order chi connectivity index (χ0) is 16.1. The highest BCUT2D eigenvalue weighted by atomic mass is 32.1. The third kappa shape index (κ3) is 3.85. The Kier molecular flexibility index (Phi) is 5.16. The SMILES string of the molecule is Cc1cccc(C(=O)OCC(=O)N[C@H](C)c2cccs2)c1O. The monoisotopic (exact) mass is 319 g/mol. The van der Waals surface area contributed by atoms with Crippen molar-refractivity contribution in [1.82, 2.24) is 5.32 Å². The molecule has 0 saturated heterocycles. The molecule has 1 aromatic heterocycles. The highest BCUT2D eigenvalue weighted by Crippen LogP contribution is 2.22. The molecule has 116 valence electrons. The first-order valence-corrected chi connectivity index (χ1v) is 7.65. The van der Waals surface area contributed by atoms with Gasteiger partial charge in [-0.3, -0.25) is 4.79 Å². The zero-order valence-corrected chi connectivity index (χ0v) is 13.1. The minimum Gasteiger partial charge on any atom is -0.507 e. The number of hydrogen-bond acceptors (Lipinski definition) is 5. The van der Waals surface area contributed by atoms with Gasteiger partial charge in [0.05, 0.1) is 6.04 Å².